The van der Waals surface area contributed by atoms with Crippen LogP contribution in [0.15, 0.2) is 0 Å². The normalized spacial score (nSPS) is 17.7. The molecule has 1 fully saturated rings. The number of rotatable bonds is 20. The molecule has 15 heteroatoms. The van der Waals surface area contributed by atoms with Crippen LogP contribution in [0.1, 0.15) is 38.5 Å². The van der Waals surface area contributed by atoms with Crippen LogP contribution in [0.5, 0.6) is 0 Å². The zero-order chi connectivity index (χ0) is 31.2. The Kier molecular flexibility index (Phi) is 20.7. The molecule has 1 amide bonds. The average Bonchev–Trinajstić information content (AvgIpc) is 2.91. The molecule has 0 aromatic heterocycles. The van der Waals surface area contributed by atoms with Crippen molar-refractivity contribution in [2.45, 2.75) is 44.6 Å². The van der Waals surface area contributed by atoms with Gasteiger partial charge in [0.15, 0.2) is 0 Å². The molecule has 0 aliphatic carbocycles. The van der Waals surface area contributed by atoms with E-state index in [1.165, 1.54) is 0 Å². The molecule has 0 aromatic rings. The lowest BCUT2D eigenvalue weighted by molar-refractivity contribution is -0.140. The average molecular weight is 603 g/mol. The lowest BCUT2D eigenvalue weighted by Gasteiger charge is -2.33. The molecule has 0 spiro atoms. The van der Waals surface area contributed by atoms with Crippen molar-refractivity contribution in [3.63, 3.8) is 0 Å². The van der Waals surface area contributed by atoms with Crippen LogP contribution in [0.4, 0.5) is 0 Å². The molecular weight excluding hydrogens is 548 g/mol. The zero-order valence-corrected chi connectivity index (χ0v) is 25.1. The highest BCUT2D eigenvalue weighted by molar-refractivity contribution is 5.78. The topological polar surface area (TPSA) is 218 Å². The van der Waals surface area contributed by atoms with Gasteiger partial charge >= 0.3 is 17.9 Å². The van der Waals surface area contributed by atoms with Gasteiger partial charge in [-0.2, -0.15) is 0 Å². The monoisotopic (exact) mass is 602 g/mol. The van der Waals surface area contributed by atoms with Gasteiger partial charge in [-0.15, -0.1) is 0 Å². The summed E-state index contributed by atoms with van der Waals surface area (Å²) in [5.74, 6) is -3.10. The second-order valence-corrected chi connectivity index (χ2v) is 10.9. The number of carboxylic acids is 3. The molecule has 42 heavy (non-hydrogen) atoms. The Bertz CT molecular complexity index is 760. The molecule has 1 saturated heterocycles. The van der Waals surface area contributed by atoms with E-state index in [-0.39, 0.29) is 38.1 Å². The maximum Gasteiger partial charge on any atom is 0.317 e. The van der Waals surface area contributed by atoms with Gasteiger partial charge in [-0.3, -0.25) is 38.8 Å². The largest absolute Gasteiger partial charge is 0.480 e. The van der Waals surface area contributed by atoms with Crippen LogP contribution in [0.3, 0.4) is 0 Å². The van der Waals surface area contributed by atoms with Crippen molar-refractivity contribution in [3.05, 3.63) is 0 Å². The van der Waals surface area contributed by atoms with Gasteiger partial charge in [0.1, 0.15) is 0 Å². The minimum atomic E-state index is -1.00. The zero-order valence-electron chi connectivity index (χ0n) is 25.1. The van der Waals surface area contributed by atoms with Crippen LogP contribution in [0.25, 0.3) is 0 Å². The van der Waals surface area contributed by atoms with Gasteiger partial charge < -0.3 is 37.4 Å². The van der Waals surface area contributed by atoms with Crippen molar-refractivity contribution >= 4 is 23.8 Å². The van der Waals surface area contributed by atoms with Crippen molar-refractivity contribution in [1.29, 1.82) is 0 Å². The summed E-state index contributed by atoms with van der Waals surface area (Å²) in [6.07, 6.45) is 5.33. The Morgan fingerprint density at radius 2 is 0.952 bits per heavy atom. The third kappa shape index (κ3) is 19.7. The summed E-state index contributed by atoms with van der Waals surface area (Å²) >= 11 is 0. The summed E-state index contributed by atoms with van der Waals surface area (Å²) in [6.45, 7) is 5.36. The lowest BCUT2D eigenvalue weighted by atomic mass is 10.0. The molecule has 0 bridgehead atoms. The lowest BCUT2D eigenvalue weighted by Crippen LogP contribution is -2.50. The second-order valence-electron chi connectivity index (χ2n) is 10.9. The number of hydrogen-bond acceptors (Lipinski definition) is 11. The SMILES string of the molecule is NCCCNCCCCC(CCCN)NC(=O)CN1CCN(CC(=O)O)CCN(CC(=O)O)CCN(CC(=O)O)CC1. The molecule has 244 valence electrons. The van der Waals surface area contributed by atoms with Gasteiger partial charge in [0.05, 0.1) is 26.2 Å². The summed E-state index contributed by atoms with van der Waals surface area (Å²) in [6, 6.07) is 0.00442. The van der Waals surface area contributed by atoms with Gasteiger partial charge in [0, 0.05) is 58.4 Å². The number of nitrogens with zero attached hydrogens (tertiary/aromatic N) is 4. The van der Waals surface area contributed by atoms with Crippen LogP contribution in [-0.4, -0.2) is 169 Å². The van der Waals surface area contributed by atoms with E-state index in [0.29, 0.717) is 65.4 Å². The molecule has 1 aliphatic heterocycles. The fourth-order valence-corrected chi connectivity index (χ4v) is 4.91. The van der Waals surface area contributed by atoms with Gasteiger partial charge in [-0.1, -0.05) is 6.42 Å². The molecular formula is C27H54N8O7. The molecule has 0 radical (unpaired) electrons. The molecule has 1 unspecified atom stereocenters. The smallest absolute Gasteiger partial charge is 0.317 e. The first-order valence-corrected chi connectivity index (χ1v) is 15.1. The Labute approximate surface area is 249 Å². The summed E-state index contributed by atoms with van der Waals surface area (Å²) in [5, 5.41) is 34.6. The first kappa shape index (κ1) is 37.6. The number of unbranched alkanes of at least 4 members (excludes halogenated alkanes) is 1. The molecule has 0 aromatic carbocycles. The Morgan fingerprint density at radius 3 is 1.36 bits per heavy atom. The van der Waals surface area contributed by atoms with Crippen LogP contribution in [-0.2, 0) is 19.2 Å². The van der Waals surface area contributed by atoms with E-state index in [9.17, 15) is 34.5 Å². The fraction of sp³-hybridized carbons (Fsp3) is 0.852. The van der Waals surface area contributed by atoms with E-state index in [0.717, 1.165) is 51.6 Å². The number of carbonyl (C=O) groups excluding carboxylic acids is 1. The fourth-order valence-electron chi connectivity index (χ4n) is 4.91. The van der Waals surface area contributed by atoms with Crippen LogP contribution in [0.2, 0.25) is 0 Å². The predicted octanol–water partition coefficient (Wildman–Crippen LogP) is -2.21. The Balaban J connectivity index is 2.85. The van der Waals surface area contributed by atoms with E-state index in [1.807, 2.05) is 4.90 Å². The van der Waals surface area contributed by atoms with Crippen molar-refractivity contribution < 1.29 is 34.5 Å². The minimum Gasteiger partial charge on any atom is -0.480 e. The number of nitrogens with one attached hydrogen (secondary N) is 2. The number of carboxylic acid groups (broad SMARTS) is 3. The highest BCUT2D eigenvalue weighted by atomic mass is 16.4. The molecule has 0 saturated carbocycles. The third-order valence-corrected chi connectivity index (χ3v) is 7.21. The second kappa shape index (κ2) is 23.1. The first-order valence-electron chi connectivity index (χ1n) is 15.1. The molecule has 1 atom stereocenters. The van der Waals surface area contributed by atoms with Crippen LogP contribution in [0, 0.1) is 0 Å². The van der Waals surface area contributed by atoms with E-state index in [1.54, 1.807) is 14.7 Å². The maximum atomic E-state index is 13.1. The number of hydrogen-bond donors (Lipinski definition) is 7. The molecule has 15 nitrogen and oxygen atoms in total. The Morgan fingerprint density at radius 1 is 0.571 bits per heavy atom. The quantitative estimate of drug-likeness (QED) is 0.0736. The number of nitrogens with two attached hydrogens (primary N) is 2. The Hall–Kier alpha value is -2.40. The number of carbonyl (C=O) groups is 4. The van der Waals surface area contributed by atoms with Crippen molar-refractivity contribution in [1.82, 2.24) is 30.2 Å². The summed E-state index contributed by atoms with van der Waals surface area (Å²) < 4.78 is 0. The van der Waals surface area contributed by atoms with Gasteiger partial charge in [-0.25, -0.2) is 0 Å². The maximum absolute atomic E-state index is 13.1. The van der Waals surface area contributed by atoms with Gasteiger partial charge in [-0.05, 0) is 58.3 Å². The summed E-state index contributed by atoms with van der Waals surface area (Å²) in [7, 11) is 0. The minimum absolute atomic E-state index is 0.00442. The predicted molar refractivity (Wildman–Crippen MR) is 159 cm³/mol. The highest BCUT2D eigenvalue weighted by Crippen LogP contribution is 2.08. The molecule has 1 heterocycles. The first-order chi connectivity index (χ1) is 20.1. The van der Waals surface area contributed by atoms with Crippen molar-refractivity contribution in [3.8, 4) is 0 Å². The number of aliphatic carboxylic acids is 3. The standard InChI is InChI=1S/C27H54N8O7/c28-7-3-6-23(5-1-2-9-30-10-4-8-29)31-24(36)19-32-11-13-33(20-25(37)38)15-17-35(22-27(41)42)18-16-34(14-12-32)21-26(39)40/h23,30H,1-22,28-29H2,(H,31,36)(H,37,38)(H,39,40)(H,41,42). The van der Waals surface area contributed by atoms with E-state index in [2.05, 4.69) is 10.6 Å². The summed E-state index contributed by atoms with van der Waals surface area (Å²) in [5.41, 5.74) is 11.2. The molecule has 1 aliphatic rings. The van der Waals surface area contributed by atoms with Gasteiger partial charge in [0.2, 0.25) is 5.91 Å². The van der Waals surface area contributed by atoms with Crippen LogP contribution >= 0.6 is 0 Å². The van der Waals surface area contributed by atoms with Crippen molar-refractivity contribution in [2.75, 3.05) is 105 Å². The van der Waals surface area contributed by atoms with E-state index >= 15 is 0 Å². The van der Waals surface area contributed by atoms with Crippen molar-refractivity contribution in [2.24, 2.45) is 11.5 Å². The molecule has 9 N–H and O–H groups in total. The third-order valence-electron chi connectivity index (χ3n) is 7.21. The van der Waals surface area contributed by atoms with E-state index in [4.69, 9.17) is 11.5 Å². The van der Waals surface area contributed by atoms with E-state index < -0.39 is 17.9 Å². The molecule has 1 rings (SSSR count). The van der Waals surface area contributed by atoms with Crippen LogP contribution < -0.4 is 22.1 Å². The number of amides is 1. The van der Waals surface area contributed by atoms with Gasteiger partial charge in [0.25, 0.3) is 0 Å². The highest BCUT2D eigenvalue weighted by Gasteiger charge is 2.22. The summed E-state index contributed by atoms with van der Waals surface area (Å²) in [4.78, 5) is 54.6.